The molecule has 3 aromatic rings. The highest BCUT2D eigenvalue weighted by Gasteiger charge is 2.34. The molecule has 10 heteroatoms. The lowest BCUT2D eigenvalue weighted by Crippen LogP contribution is -2.51. The molecule has 0 saturated carbocycles. The number of hydrogen-bond donors (Lipinski definition) is 0. The van der Waals surface area contributed by atoms with Crippen molar-refractivity contribution in [3.63, 3.8) is 0 Å². The molecule has 0 aromatic heterocycles. The summed E-state index contributed by atoms with van der Waals surface area (Å²) in [6, 6.07) is 12.9. The van der Waals surface area contributed by atoms with Crippen molar-refractivity contribution in [1.82, 2.24) is 4.31 Å². The predicted octanol–water partition coefficient (Wildman–Crippen LogP) is 5.49. The Morgan fingerprint density at radius 3 is 2.51 bits per heavy atom. The van der Waals surface area contributed by atoms with Crippen LogP contribution < -0.4 is 14.2 Å². The Morgan fingerprint density at radius 2 is 1.81 bits per heavy atom. The van der Waals surface area contributed by atoms with Gasteiger partial charge in [0.1, 0.15) is 29.2 Å². The minimum absolute atomic E-state index is 0.0598. The van der Waals surface area contributed by atoms with Gasteiger partial charge < -0.3 is 18.9 Å². The van der Waals surface area contributed by atoms with Crippen LogP contribution in [0.15, 0.2) is 42.5 Å². The fraction of sp³-hybridized carbons (Fsp3) is 0.424. The molecule has 2 aliphatic heterocycles. The van der Waals surface area contributed by atoms with Gasteiger partial charge in [-0.2, -0.15) is 0 Å². The molecule has 1 unspecified atom stereocenters. The Kier molecular flexibility index (Phi) is 7.85. The zero-order valence-electron chi connectivity index (χ0n) is 24.8. The molecule has 0 spiro atoms. The predicted molar refractivity (Wildman–Crippen MR) is 160 cm³/mol. The Morgan fingerprint density at radius 1 is 1.07 bits per heavy atom. The number of hydrogen-bond acceptors (Lipinski definition) is 7. The van der Waals surface area contributed by atoms with Crippen LogP contribution in [0.3, 0.4) is 0 Å². The summed E-state index contributed by atoms with van der Waals surface area (Å²) in [5, 5.41) is 0. The second-order valence-corrected chi connectivity index (χ2v) is 13.8. The van der Waals surface area contributed by atoms with E-state index in [2.05, 4.69) is 0 Å². The summed E-state index contributed by atoms with van der Waals surface area (Å²) in [5.41, 5.74) is 6.58. The van der Waals surface area contributed by atoms with Gasteiger partial charge in [-0.15, -0.1) is 0 Å². The van der Waals surface area contributed by atoms with Crippen molar-refractivity contribution in [3.05, 3.63) is 76.1 Å². The van der Waals surface area contributed by atoms with Gasteiger partial charge in [0.2, 0.25) is 10.0 Å². The molecule has 2 heterocycles. The van der Waals surface area contributed by atoms with Crippen molar-refractivity contribution < 1.29 is 36.6 Å². The van der Waals surface area contributed by atoms with Crippen molar-refractivity contribution in [2.75, 3.05) is 39.7 Å². The number of esters is 1. The van der Waals surface area contributed by atoms with Gasteiger partial charge in [0.15, 0.2) is 0 Å². The second kappa shape index (κ2) is 11.5. The van der Waals surface area contributed by atoms with Gasteiger partial charge >= 0.3 is 5.97 Å². The Bertz CT molecular complexity index is 1660. The molecule has 0 amide bonds. The largest absolute Gasteiger partial charge is 0.493 e. The average molecular weight is 610 g/mol. The normalized spacial score (nSPS) is 19.7. The number of nitrogens with zero attached hydrogens (tertiary/aromatic N) is 1. The van der Waals surface area contributed by atoms with Crippen LogP contribution in [-0.2, 0) is 26.0 Å². The smallest absolute Gasteiger partial charge is 0.306 e. The van der Waals surface area contributed by atoms with E-state index in [0.29, 0.717) is 56.2 Å². The third-order valence-electron chi connectivity index (χ3n) is 8.72. The highest BCUT2D eigenvalue weighted by atomic mass is 32.2. The number of rotatable bonds is 9. The number of ether oxygens (including phenoxy) is 4. The highest BCUT2D eigenvalue weighted by Crippen LogP contribution is 2.45. The summed E-state index contributed by atoms with van der Waals surface area (Å²) < 4.78 is 63.1. The molecular weight excluding hydrogens is 573 g/mol. The molecule has 3 aliphatic rings. The third-order valence-corrected chi connectivity index (χ3v) is 9.96. The van der Waals surface area contributed by atoms with E-state index in [9.17, 15) is 13.2 Å². The van der Waals surface area contributed by atoms with E-state index in [1.165, 1.54) is 23.7 Å². The highest BCUT2D eigenvalue weighted by molar-refractivity contribution is 7.88. The molecule has 0 N–H and O–H groups in total. The van der Waals surface area contributed by atoms with E-state index >= 15 is 4.39 Å². The van der Waals surface area contributed by atoms with Gasteiger partial charge in [0, 0.05) is 42.1 Å². The number of methoxy groups -OCH3 is 1. The van der Waals surface area contributed by atoms with Crippen molar-refractivity contribution in [3.8, 4) is 28.4 Å². The van der Waals surface area contributed by atoms with E-state index in [1.807, 2.05) is 50.2 Å². The number of carbonyl (C=O) groups excluding carboxylic acids is 1. The molecule has 3 aromatic carbocycles. The molecule has 0 radical (unpaired) electrons. The van der Waals surface area contributed by atoms with Crippen molar-refractivity contribution in [2.24, 2.45) is 5.92 Å². The molecule has 1 fully saturated rings. The van der Waals surface area contributed by atoms with Gasteiger partial charge in [-0.1, -0.05) is 12.1 Å². The number of benzene rings is 3. The number of carbonyl (C=O) groups is 1. The molecule has 6 rings (SSSR count). The van der Waals surface area contributed by atoms with E-state index in [-0.39, 0.29) is 30.0 Å². The maximum absolute atomic E-state index is 15.3. The van der Waals surface area contributed by atoms with Crippen LogP contribution in [0.5, 0.6) is 17.2 Å². The van der Waals surface area contributed by atoms with Crippen LogP contribution in [0, 0.1) is 25.6 Å². The standard InChI is InChI=1S/C33H36FNO7S/c1-19-11-24(40-17-21-15-35(16-21)43(4,37)38)12-20(2)32(19)26-7-9-28(34)33-27(26)8-10-29(33)42-23-5-6-25-22(13-31(36)39-3)18-41-30(25)14-23/h5-7,9,11-12,14,21-22,29H,8,10,13,15-18H2,1-4H3/t22?,29-/m1/s1. The maximum atomic E-state index is 15.3. The third kappa shape index (κ3) is 5.82. The minimum Gasteiger partial charge on any atom is -0.493 e. The quantitative estimate of drug-likeness (QED) is 0.297. The zero-order chi connectivity index (χ0) is 30.5. The average Bonchev–Trinajstić information content (AvgIpc) is 3.52. The number of fused-ring (bicyclic) bond motifs is 2. The molecular formula is C33H36FNO7S. The molecule has 1 aliphatic carbocycles. The van der Waals surface area contributed by atoms with Gasteiger partial charge in [0.05, 0.1) is 33.0 Å². The fourth-order valence-corrected chi connectivity index (χ4v) is 7.48. The monoisotopic (exact) mass is 609 g/mol. The van der Waals surface area contributed by atoms with Gasteiger partial charge in [0.25, 0.3) is 0 Å². The lowest BCUT2D eigenvalue weighted by molar-refractivity contribution is -0.141. The molecule has 2 atom stereocenters. The summed E-state index contributed by atoms with van der Waals surface area (Å²) >= 11 is 0. The molecule has 1 saturated heterocycles. The zero-order valence-corrected chi connectivity index (χ0v) is 25.6. The second-order valence-electron chi connectivity index (χ2n) is 11.8. The van der Waals surface area contributed by atoms with E-state index in [1.54, 1.807) is 0 Å². The van der Waals surface area contributed by atoms with Crippen molar-refractivity contribution >= 4 is 16.0 Å². The van der Waals surface area contributed by atoms with Crippen LogP contribution in [-0.4, -0.2) is 58.4 Å². The molecule has 0 bridgehead atoms. The first-order valence-electron chi connectivity index (χ1n) is 14.5. The molecule has 228 valence electrons. The first kappa shape index (κ1) is 29.4. The summed E-state index contributed by atoms with van der Waals surface area (Å²) in [4.78, 5) is 11.8. The van der Waals surface area contributed by atoms with Crippen LogP contribution in [0.1, 0.15) is 52.7 Å². The summed E-state index contributed by atoms with van der Waals surface area (Å²) in [7, 11) is -1.77. The van der Waals surface area contributed by atoms with Crippen LogP contribution in [0.25, 0.3) is 11.1 Å². The van der Waals surface area contributed by atoms with Crippen LogP contribution in [0.4, 0.5) is 4.39 Å². The van der Waals surface area contributed by atoms with E-state index in [4.69, 9.17) is 18.9 Å². The van der Waals surface area contributed by atoms with E-state index in [0.717, 1.165) is 39.1 Å². The van der Waals surface area contributed by atoms with E-state index < -0.39 is 16.1 Å². The summed E-state index contributed by atoms with van der Waals surface area (Å²) in [6.07, 6.45) is 2.38. The fourth-order valence-electron chi connectivity index (χ4n) is 6.52. The van der Waals surface area contributed by atoms with Gasteiger partial charge in [-0.3, -0.25) is 4.79 Å². The van der Waals surface area contributed by atoms with Gasteiger partial charge in [-0.25, -0.2) is 17.1 Å². The van der Waals surface area contributed by atoms with Crippen LogP contribution >= 0.6 is 0 Å². The number of halogens is 1. The molecule has 8 nitrogen and oxygen atoms in total. The number of sulfonamides is 1. The molecule has 43 heavy (non-hydrogen) atoms. The topological polar surface area (TPSA) is 91.4 Å². The summed E-state index contributed by atoms with van der Waals surface area (Å²) in [5.74, 6) is 1.57. The van der Waals surface area contributed by atoms with Crippen LogP contribution in [0.2, 0.25) is 0 Å². The Labute approximate surface area is 251 Å². The number of aryl methyl sites for hydroxylation is 2. The maximum Gasteiger partial charge on any atom is 0.306 e. The van der Waals surface area contributed by atoms with Crippen molar-refractivity contribution in [1.29, 1.82) is 0 Å². The minimum atomic E-state index is -3.15. The lowest BCUT2D eigenvalue weighted by Gasteiger charge is -2.36. The lowest BCUT2D eigenvalue weighted by atomic mass is 9.90. The Hall–Kier alpha value is -3.63. The first-order valence-corrected chi connectivity index (χ1v) is 16.4. The summed E-state index contributed by atoms with van der Waals surface area (Å²) in [6.45, 7) is 5.88. The van der Waals surface area contributed by atoms with Gasteiger partial charge in [-0.05, 0) is 78.8 Å². The Balaban J connectivity index is 1.18. The SMILES string of the molecule is COC(=O)CC1COc2cc(O[C@@H]3CCc4c(-c5c(C)cc(OCC6CN(S(C)(=O)=O)C6)cc5C)ccc(F)c43)ccc21. The van der Waals surface area contributed by atoms with Crippen molar-refractivity contribution in [2.45, 2.75) is 45.1 Å². The first-order chi connectivity index (χ1) is 20.5.